The predicted octanol–water partition coefficient (Wildman–Crippen LogP) is 1.88. The Kier molecular flexibility index (Phi) is 2.13. The Balaban J connectivity index is 1.93. The molecule has 4 heteroatoms. The summed E-state index contributed by atoms with van der Waals surface area (Å²) in [4.78, 5) is 5.13. The fourth-order valence-electron chi connectivity index (χ4n) is 2.10. The van der Waals surface area contributed by atoms with E-state index in [4.69, 9.17) is 4.84 Å². The van der Waals surface area contributed by atoms with Crippen LogP contribution in [-0.4, -0.2) is 24.6 Å². The van der Waals surface area contributed by atoms with Crippen LogP contribution in [0.3, 0.4) is 0 Å². The normalized spacial score (nSPS) is 23.3. The van der Waals surface area contributed by atoms with Crippen molar-refractivity contribution in [2.75, 3.05) is 18.2 Å². The van der Waals surface area contributed by atoms with E-state index in [2.05, 4.69) is 22.4 Å². The van der Waals surface area contributed by atoms with Gasteiger partial charge in [-0.25, -0.2) is 0 Å². The number of nitrogens with zero attached hydrogens (tertiary/aromatic N) is 3. The van der Waals surface area contributed by atoms with E-state index < -0.39 is 0 Å². The number of oxime groups is 1. The van der Waals surface area contributed by atoms with E-state index in [1.165, 1.54) is 0 Å². The van der Waals surface area contributed by atoms with Gasteiger partial charge in [0.1, 0.15) is 12.3 Å². The molecule has 82 valence electrons. The zero-order chi connectivity index (χ0) is 11.0. The molecule has 0 bridgehead atoms. The molecule has 0 fully saturated rings. The van der Waals surface area contributed by atoms with Crippen LogP contribution in [0.4, 0.5) is 5.69 Å². The summed E-state index contributed by atoms with van der Waals surface area (Å²) < 4.78 is 0. The molecule has 1 unspecified atom stereocenters. The van der Waals surface area contributed by atoms with Crippen molar-refractivity contribution in [1.29, 1.82) is 0 Å². The van der Waals surface area contributed by atoms with Crippen molar-refractivity contribution in [3.05, 3.63) is 30.3 Å². The second-order valence-electron chi connectivity index (χ2n) is 4.07. The van der Waals surface area contributed by atoms with Crippen molar-refractivity contribution in [2.24, 2.45) is 16.2 Å². The number of hydrogen-bond acceptors (Lipinski definition) is 4. The molecule has 3 rings (SSSR count). The Morgan fingerprint density at radius 1 is 1.31 bits per heavy atom. The van der Waals surface area contributed by atoms with Crippen LogP contribution in [0.5, 0.6) is 0 Å². The van der Waals surface area contributed by atoms with Gasteiger partial charge in [-0.05, 0) is 19.1 Å². The lowest BCUT2D eigenvalue weighted by molar-refractivity contribution is 0.155. The smallest absolute Gasteiger partial charge is 0.127 e. The molecule has 0 aromatic heterocycles. The molecule has 2 aliphatic rings. The van der Waals surface area contributed by atoms with Gasteiger partial charge >= 0.3 is 0 Å². The third-order valence-corrected chi connectivity index (χ3v) is 2.91. The second kappa shape index (κ2) is 3.63. The van der Waals surface area contributed by atoms with Gasteiger partial charge in [-0.1, -0.05) is 23.4 Å². The Hall–Kier alpha value is -1.84. The summed E-state index contributed by atoms with van der Waals surface area (Å²) in [7, 11) is 0. The lowest BCUT2D eigenvalue weighted by atomic mass is 9.99. The number of hydrogen-bond donors (Lipinski definition) is 0. The van der Waals surface area contributed by atoms with Gasteiger partial charge in [0.25, 0.3) is 0 Å². The first-order valence-corrected chi connectivity index (χ1v) is 5.42. The summed E-state index contributed by atoms with van der Waals surface area (Å²) in [6.07, 6.45) is 0. The maximum atomic E-state index is 5.13. The maximum absolute atomic E-state index is 5.13. The molecule has 0 N–H and O–H groups in total. The minimum Gasteiger partial charge on any atom is -0.395 e. The Morgan fingerprint density at radius 2 is 2.12 bits per heavy atom. The number of hydrazone groups is 1. The summed E-state index contributed by atoms with van der Waals surface area (Å²) in [6.45, 7) is 3.50. The highest BCUT2D eigenvalue weighted by atomic mass is 16.6. The van der Waals surface area contributed by atoms with E-state index in [-0.39, 0.29) is 0 Å². The van der Waals surface area contributed by atoms with Crippen LogP contribution in [0, 0.1) is 5.92 Å². The topological polar surface area (TPSA) is 37.2 Å². The molecular weight excluding hydrogens is 202 g/mol. The SMILES string of the molecule is CC1=NN(c2ccccc2)CC2CON=C12. The quantitative estimate of drug-likeness (QED) is 0.717. The molecule has 2 aliphatic heterocycles. The standard InChI is InChI=1S/C12H13N3O/c1-9-12-10(8-16-14-12)7-15(13-9)11-5-3-2-4-6-11/h2-6,10H,7-8H2,1H3. The van der Waals surface area contributed by atoms with Crippen LogP contribution >= 0.6 is 0 Å². The number of para-hydroxylation sites is 1. The molecule has 4 nitrogen and oxygen atoms in total. The molecule has 16 heavy (non-hydrogen) atoms. The van der Waals surface area contributed by atoms with Gasteiger partial charge in [0.15, 0.2) is 0 Å². The molecule has 1 atom stereocenters. The molecule has 0 saturated heterocycles. The summed E-state index contributed by atoms with van der Waals surface area (Å²) >= 11 is 0. The largest absolute Gasteiger partial charge is 0.395 e. The molecule has 1 aromatic carbocycles. The monoisotopic (exact) mass is 215 g/mol. The zero-order valence-corrected chi connectivity index (χ0v) is 9.13. The molecule has 2 heterocycles. The van der Waals surface area contributed by atoms with E-state index in [1.807, 2.05) is 30.1 Å². The van der Waals surface area contributed by atoms with Crippen LogP contribution in [0.25, 0.3) is 0 Å². The van der Waals surface area contributed by atoms with E-state index in [0.717, 1.165) is 23.7 Å². The lowest BCUT2D eigenvalue weighted by Crippen LogP contribution is -2.38. The minimum atomic E-state index is 0.359. The highest BCUT2D eigenvalue weighted by Gasteiger charge is 2.31. The van der Waals surface area contributed by atoms with Gasteiger partial charge in [0, 0.05) is 0 Å². The van der Waals surface area contributed by atoms with Crippen molar-refractivity contribution in [3.63, 3.8) is 0 Å². The Bertz CT molecular complexity index is 453. The van der Waals surface area contributed by atoms with Crippen molar-refractivity contribution in [1.82, 2.24) is 0 Å². The van der Waals surface area contributed by atoms with Gasteiger partial charge in [0.05, 0.1) is 23.9 Å². The number of rotatable bonds is 1. The van der Waals surface area contributed by atoms with E-state index in [1.54, 1.807) is 0 Å². The van der Waals surface area contributed by atoms with Crippen molar-refractivity contribution in [3.8, 4) is 0 Å². The third kappa shape index (κ3) is 1.46. The van der Waals surface area contributed by atoms with Crippen molar-refractivity contribution < 1.29 is 4.84 Å². The fraction of sp³-hybridized carbons (Fsp3) is 0.333. The molecule has 0 amide bonds. The Labute approximate surface area is 94.2 Å². The minimum absolute atomic E-state index is 0.359. The number of anilines is 1. The van der Waals surface area contributed by atoms with Crippen LogP contribution in [0.1, 0.15) is 6.92 Å². The molecular formula is C12H13N3O. The number of fused-ring (bicyclic) bond motifs is 1. The van der Waals surface area contributed by atoms with Gasteiger partial charge < -0.3 is 4.84 Å². The molecule has 0 radical (unpaired) electrons. The first kappa shape index (κ1) is 9.39. The van der Waals surface area contributed by atoms with Crippen LogP contribution in [0.2, 0.25) is 0 Å². The predicted molar refractivity (Wildman–Crippen MR) is 63.8 cm³/mol. The average molecular weight is 215 g/mol. The van der Waals surface area contributed by atoms with Crippen LogP contribution in [-0.2, 0) is 4.84 Å². The zero-order valence-electron chi connectivity index (χ0n) is 9.13. The van der Waals surface area contributed by atoms with Gasteiger partial charge in [-0.15, -0.1) is 0 Å². The Morgan fingerprint density at radius 3 is 2.94 bits per heavy atom. The number of benzene rings is 1. The molecule has 0 spiro atoms. The van der Waals surface area contributed by atoms with E-state index in [0.29, 0.717) is 12.5 Å². The van der Waals surface area contributed by atoms with Crippen molar-refractivity contribution in [2.45, 2.75) is 6.92 Å². The highest BCUT2D eigenvalue weighted by Crippen LogP contribution is 2.23. The van der Waals surface area contributed by atoms with Gasteiger partial charge in [-0.2, -0.15) is 5.10 Å². The first-order valence-electron chi connectivity index (χ1n) is 5.42. The lowest BCUT2D eigenvalue weighted by Gasteiger charge is -2.27. The maximum Gasteiger partial charge on any atom is 0.127 e. The van der Waals surface area contributed by atoms with Gasteiger partial charge in [0.2, 0.25) is 0 Å². The third-order valence-electron chi connectivity index (χ3n) is 2.91. The van der Waals surface area contributed by atoms with Crippen LogP contribution < -0.4 is 5.01 Å². The molecule has 0 saturated carbocycles. The first-order chi connectivity index (χ1) is 7.84. The average Bonchev–Trinajstić information content (AvgIpc) is 2.79. The molecule has 0 aliphatic carbocycles. The second-order valence-corrected chi connectivity index (χ2v) is 4.07. The summed E-state index contributed by atoms with van der Waals surface area (Å²) in [6, 6.07) is 10.2. The molecule has 1 aromatic rings. The summed E-state index contributed by atoms with van der Waals surface area (Å²) in [5, 5.41) is 10.6. The fourth-order valence-corrected chi connectivity index (χ4v) is 2.10. The summed E-state index contributed by atoms with van der Waals surface area (Å²) in [5.41, 5.74) is 3.08. The summed E-state index contributed by atoms with van der Waals surface area (Å²) in [5.74, 6) is 0.359. The van der Waals surface area contributed by atoms with Crippen molar-refractivity contribution >= 4 is 17.1 Å². The van der Waals surface area contributed by atoms with E-state index >= 15 is 0 Å². The van der Waals surface area contributed by atoms with Crippen LogP contribution in [0.15, 0.2) is 40.6 Å². The van der Waals surface area contributed by atoms with E-state index in [9.17, 15) is 0 Å². The highest BCUT2D eigenvalue weighted by molar-refractivity contribution is 6.43. The van der Waals surface area contributed by atoms with Gasteiger partial charge in [-0.3, -0.25) is 5.01 Å².